The SMILES string of the molecule is CCOC1(C2CC2)C=CC(Br)=CC1Cn1ncc2cc(C(=O)OC)ccc21. The molecule has 1 fully saturated rings. The van der Waals surface area contributed by atoms with E-state index in [0.717, 1.165) is 21.9 Å². The van der Waals surface area contributed by atoms with Crippen LogP contribution in [0.1, 0.15) is 30.1 Å². The molecular weight excluding hydrogens is 408 g/mol. The van der Waals surface area contributed by atoms with E-state index in [0.29, 0.717) is 18.1 Å². The van der Waals surface area contributed by atoms with Crippen LogP contribution in [0.2, 0.25) is 0 Å². The molecule has 0 aliphatic heterocycles. The van der Waals surface area contributed by atoms with Crippen molar-refractivity contribution >= 4 is 32.8 Å². The molecule has 5 nitrogen and oxygen atoms in total. The normalized spacial score (nSPS) is 24.9. The lowest BCUT2D eigenvalue weighted by molar-refractivity contribution is -0.0537. The van der Waals surface area contributed by atoms with E-state index in [2.05, 4.69) is 46.2 Å². The van der Waals surface area contributed by atoms with Crippen molar-refractivity contribution in [1.29, 1.82) is 0 Å². The minimum Gasteiger partial charge on any atom is -0.465 e. The number of carbonyl (C=O) groups excluding carboxylic acids is 1. The highest BCUT2D eigenvalue weighted by Gasteiger charge is 2.50. The van der Waals surface area contributed by atoms with Crippen molar-refractivity contribution in [3.8, 4) is 0 Å². The first kappa shape index (κ1) is 18.4. The van der Waals surface area contributed by atoms with Gasteiger partial charge in [-0.2, -0.15) is 5.10 Å². The number of nitrogens with zero attached hydrogens (tertiary/aromatic N) is 2. The van der Waals surface area contributed by atoms with E-state index >= 15 is 0 Å². The lowest BCUT2D eigenvalue weighted by atomic mass is 9.79. The molecule has 1 saturated carbocycles. The van der Waals surface area contributed by atoms with Gasteiger partial charge in [0.05, 0.1) is 36.5 Å². The maximum Gasteiger partial charge on any atom is 0.337 e. The van der Waals surface area contributed by atoms with Gasteiger partial charge in [0.1, 0.15) is 0 Å². The van der Waals surface area contributed by atoms with Crippen molar-refractivity contribution in [1.82, 2.24) is 9.78 Å². The van der Waals surface area contributed by atoms with E-state index in [1.165, 1.54) is 20.0 Å². The van der Waals surface area contributed by atoms with Gasteiger partial charge < -0.3 is 9.47 Å². The van der Waals surface area contributed by atoms with Gasteiger partial charge in [0.2, 0.25) is 0 Å². The van der Waals surface area contributed by atoms with Crippen molar-refractivity contribution in [3.05, 3.63) is 52.7 Å². The zero-order chi connectivity index (χ0) is 19.0. The molecule has 2 aliphatic carbocycles. The van der Waals surface area contributed by atoms with Crippen LogP contribution >= 0.6 is 15.9 Å². The maximum atomic E-state index is 11.8. The van der Waals surface area contributed by atoms with Crippen molar-refractivity contribution in [2.75, 3.05) is 13.7 Å². The smallest absolute Gasteiger partial charge is 0.337 e. The van der Waals surface area contributed by atoms with Crippen LogP contribution in [0.3, 0.4) is 0 Å². The number of esters is 1. The number of halogens is 1. The highest BCUT2D eigenvalue weighted by atomic mass is 79.9. The Kier molecular flexibility index (Phi) is 4.95. The minimum absolute atomic E-state index is 0.188. The van der Waals surface area contributed by atoms with Gasteiger partial charge in [-0.25, -0.2) is 4.79 Å². The summed E-state index contributed by atoms with van der Waals surface area (Å²) < 4.78 is 14.2. The lowest BCUT2D eigenvalue weighted by Gasteiger charge is -2.39. The Morgan fingerprint density at radius 3 is 2.93 bits per heavy atom. The second-order valence-electron chi connectivity index (χ2n) is 7.14. The highest BCUT2D eigenvalue weighted by Crippen LogP contribution is 2.50. The van der Waals surface area contributed by atoms with Gasteiger partial charge in [-0.05, 0) is 50.0 Å². The fraction of sp³-hybridized carbons (Fsp3) is 0.429. The predicted octanol–water partition coefficient (Wildman–Crippen LogP) is 4.47. The number of aromatic nitrogens is 2. The van der Waals surface area contributed by atoms with Gasteiger partial charge >= 0.3 is 5.97 Å². The third-order valence-electron chi connectivity index (χ3n) is 5.49. The minimum atomic E-state index is -0.335. The number of benzene rings is 1. The van der Waals surface area contributed by atoms with Gasteiger partial charge in [-0.15, -0.1) is 0 Å². The standard InChI is InChI=1S/C21H23BrN2O3/c1-3-27-21(16-5-6-16)9-8-18(22)11-17(21)13-24-19-7-4-14(20(25)26-2)10-15(19)12-23-24/h4,7-12,16-17H,3,5-6,13H2,1-2H3. The maximum absolute atomic E-state index is 11.8. The van der Waals surface area contributed by atoms with Crippen LogP contribution in [0.25, 0.3) is 10.9 Å². The average molecular weight is 431 g/mol. The summed E-state index contributed by atoms with van der Waals surface area (Å²) in [6.07, 6.45) is 10.8. The topological polar surface area (TPSA) is 53.4 Å². The number of carbonyl (C=O) groups is 1. The summed E-state index contributed by atoms with van der Waals surface area (Å²) in [4.78, 5) is 11.8. The second-order valence-corrected chi connectivity index (χ2v) is 8.06. The largest absolute Gasteiger partial charge is 0.465 e. The summed E-state index contributed by atoms with van der Waals surface area (Å²) >= 11 is 3.63. The van der Waals surface area contributed by atoms with Gasteiger partial charge in [-0.1, -0.05) is 28.1 Å². The lowest BCUT2D eigenvalue weighted by Crippen LogP contribution is -2.44. The zero-order valence-corrected chi connectivity index (χ0v) is 17.1. The molecule has 0 spiro atoms. The second kappa shape index (κ2) is 7.24. The molecule has 1 aromatic carbocycles. The molecule has 0 saturated heterocycles. The third-order valence-corrected chi connectivity index (χ3v) is 6.01. The number of methoxy groups -OCH3 is 1. The first-order valence-electron chi connectivity index (χ1n) is 9.31. The molecule has 0 radical (unpaired) electrons. The van der Waals surface area contributed by atoms with Gasteiger partial charge in [-0.3, -0.25) is 4.68 Å². The number of fused-ring (bicyclic) bond motifs is 1. The summed E-state index contributed by atoms with van der Waals surface area (Å²) in [5.74, 6) is 0.411. The molecule has 27 heavy (non-hydrogen) atoms. The molecule has 2 aliphatic rings. The summed E-state index contributed by atoms with van der Waals surface area (Å²) in [6.45, 7) is 3.46. The van der Waals surface area contributed by atoms with Crippen LogP contribution in [0, 0.1) is 11.8 Å². The summed E-state index contributed by atoms with van der Waals surface area (Å²) in [5.41, 5.74) is 1.27. The number of allylic oxidation sites excluding steroid dienone is 2. The Balaban J connectivity index is 1.67. The van der Waals surface area contributed by atoms with Crippen LogP contribution in [0.5, 0.6) is 0 Å². The monoisotopic (exact) mass is 430 g/mol. The Hall–Kier alpha value is -1.92. The van der Waals surface area contributed by atoms with Crippen LogP contribution in [-0.4, -0.2) is 35.1 Å². The van der Waals surface area contributed by atoms with Crippen LogP contribution in [0.15, 0.2) is 47.1 Å². The van der Waals surface area contributed by atoms with Crippen molar-refractivity contribution in [3.63, 3.8) is 0 Å². The molecule has 142 valence electrons. The van der Waals surface area contributed by atoms with Crippen molar-refractivity contribution in [2.45, 2.75) is 31.9 Å². The van der Waals surface area contributed by atoms with E-state index in [9.17, 15) is 4.79 Å². The number of hydrogen-bond acceptors (Lipinski definition) is 4. The van der Waals surface area contributed by atoms with Crippen LogP contribution in [-0.2, 0) is 16.0 Å². The predicted molar refractivity (Wildman–Crippen MR) is 108 cm³/mol. The fourth-order valence-corrected chi connectivity index (χ4v) is 4.52. The van der Waals surface area contributed by atoms with E-state index in [4.69, 9.17) is 9.47 Å². The molecule has 2 aromatic rings. The average Bonchev–Trinajstić information content (AvgIpc) is 3.46. The van der Waals surface area contributed by atoms with E-state index in [1.54, 1.807) is 12.3 Å². The highest BCUT2D eigenvalue weighted by molar-refractivity contribution is 9.11. The molecular formula is C21H23BrN2O3. The molecule has 1 heterocycles. The first-order valence-corrected chi connectivity index (χ1v) is 10.1. The van der Waals surface area contributed by atoms with E-state index in [-0.39, 0.29) is 17.5 Å². The van der Waals surface area contributed by atoms with Gasteiger partial charge in [0.15, 0.2) is 0 Å². The fourth-order valence-electron chi connectivity index (χ4n) is 4.07. The molecule has 6 heteroatoms. The Morgan fingerprint density at radius 2 is 2.22 bits per heavy atom. The van der Waals surface area contributed by atoms with Crippen molar-refractivity contribution in [2.24, 2.45) is 11.8 Å². The molecule has 0 amide bonds. The molecule has 0 bridgehead atoms. The summed E-state index contributed by atoms with van der Waals surface area (Å²) in [5, 5.41) is 5.52. The Labute approximate surface area is 167 Å². The van der Waals surface area contributed by atoms with Crippen molar-refractivity contribution < 1.29 is 14.3 Å². The molecule has 1 aromatic heterocycles. The summed E-state index contributed by atoms with van der Waals surface area (Å²) in [6, 6.07) is 5.55. The third kappa shape index (κ3) is 3.36. The van der Waals surface area contributed by atoms with Crippen LogP contribution in [0.4, 0.5) is 0 Å². The Morgan fingerprint density at radius 1 is 1.41 bits per heavy atom. The molecule has 4 rings (SSSR count). The van der Waals surface area contributed by atoms with Crippen LogP contribution < -0.4 is 0 Å². The summed E-state index contributed by atoms with van der Waals surface area (Å²) in [7, 11) is 1.39. The molecule has 2 unspecified atom stereocenters. The van der Waals surface area contributed by atoms with Gasteiger partial charge in [0.25, 0.3) is 0 Å². The molecule has 2 atom stereocenters. The quantitative estimate of drug-likeness (QED) is 0.634. The van der Waals surface area contributed by atoms with E-state index in [1.807, 2.05) is 16.8 Å². The molecule has 0 N–H and O–H groups in total. The Bertz CT molecular complexity index is 929. The van der Waals surface area contributed by atoms with E-state index < -0.39 is 0 Å². The zero-order valence-electron chi connectivity index (χ0n) is 15.5. The number of rotatable bonds is 6. The number of hydrogen-bond donors (Lipinski definition) is 0. The van der Waals surface area contributed by atoms with Gasteiger partial charge in [0, 0.05) is 22.4 Å². The first-order chi connectivity index (χ1) is 13.1. The number of ether oxygens (including phenoxy) is 2.